The summed E-state index contributed by atoms with van der Waals surface area (Å²) >= 11 is 0. The molecule has 3 unspecified atom stereocenters. The zero-order chi connectivity index (χ0) is 12.7. The molecule has 0 bridgehead atoms. The highest BCUT2D eigenvalue weighted by molar-refractivity contribution is 5.92. The standard InChI is InChI=1S/C13H12O5/c1-7-5-11(17-12(7)14)18-13(15)9-6-16-10-4-2-3-8(9)10/h2,4-6,8,10-11H,3H2,1H3. The van der Waals surface area contributed by atoms with E-state index in [4.69, 9.17) is 14.2 Å². The van der Waals surface area contributed by atoms with Crippen molar-refractivity contribution in [2.45, 2.75) is 25.7 Å². The molecule has 5 nitrogen and oxygen atoms in total. The van der Waals surface area contributed by atoms with Gasteiger partial charge in [0.1, 0.15) is 6.10 Å². The van der Waals surface area contributed by atoms with E-state index in [1.807, 2.05) is 12.2 Å². The van der Waals surface area contributed by atoms with E-state index in [2.05, 4.69) is 0 Å². The third kappa shape index (κ3) is 1.72. The van der Waals surface area contributed by atoms with Crippen molar-refractivity contribution in [2.24, 2.45) is 5.92 Å². The molecular formula is C13H12O5. The molecule has 0 fully saturated rings. The maximum absolute atomic E-state index is 11.9. The minimum absolute atomic E-state index is 0.0275. The average Bonchev–Trinajstić information content (AvgIpc) is 2.95. The smallest absolute Gasteiger partial charge is 0.340 e. The normalized spacial score (nSPS) is 32.5. The van der Waals surface area contributed by atoms with Gasteiger partial charge in [0.2, 0.25) is 0 Å². The predicted octanol–water partition coefficient (Wildman–Crippen LogP) is 1.22. The zero-order valence-corrected chi connectivity index (χ0v) is 9.79. The van der Waals surface area contributed by atoms with Gasteiger partial charge in [0.05, 0.1) is 11.8 Å². The van der Waals surface area contributed by atoms with Crippen LogP contribution in [0.2, 0.25) is 0 Å². The van der Waals surface area contributed by atoms with Crippen molar-refractivity contribution in [3.63, 3.8) is 0 Å². The molecule has 0 saturated heterocycles. The lowest BCUT2D eigenvalue weighted by atomic mass is 9.98. The molecule has 2 heterocycles. The zero-order valence-electron chi connectivity index (χ0n) is 9.79. The SMILES string of the molecule is CC1=CC(OC(=O)C2=COC3C=CCC23)OC1=O. The fourth-order valence-electron chi connectivity index (χ4n) is 2.25. The van der Waals surface area contributed by atoms with Crippen LogP contribution in [0.3, 0.4) is 0 Å². The van der Waals surface area contributed by atoms with Gasteiger partial charge in [-0.3, -0.25) is 0 Å². The van der Waals surface area contributed by atoms with Gasteiger partial charge in [0.15, 0.2) is 0 Å². The quantitative estimate of drug-likeness (QED) is 0.543. The number of rotatable bonds is 2. The third-order valence-corrected chi connectivity index (χ3v) is 3.25. The molecule has 0 aromatic heterocycles. The Balaban J connectivity index is 1.65. The summed E-state index contributed by atoms with van der Waals surface area (Å²) in [7, 11) is 0. The van der Waals surface area contributed by atoms with Crippen molar-refractivity contribution in [1.82, 2.24) is 0 Å². The van der Waals surface area contributed by atoms with Gasteiger partial charge in [0.25, 0.3) is 6.29 Å². The first-order valence-electron chi connectivity index (χ1n) is 5.78. The van der Waals surface area contributed by atoms with Crippen molar-refractivity contribution in [2.75, 3.05) is 0 Å². The van der Waals surface area contributed by atoms with Gasteiger partial charge >= 0.3 is 11.9 Å². The Morgan fingerprint density at radius 2 is 2.33 bits per heavy atom. The lowest BCUT2D eigenvalue weighted by molar-refractivity contribution is -0.170. The van der Waals surface area contributed by atoms with Crippen LogP contribution in [-0.2, 0) is 23.8 Å². The van der Waals surface area contributed by atoms with E-state index in [9.17, 15) is 9.59 Å². The lowest BCUT2D eigenvalue weighted by Gasteiger charge is -2.13. The van der Waals surface area contributed by atoms with Crippen molar-refractivity contribution in [3.8, 4) is 0 Å². The largest absolute Gasteiger partial charge is 0.493 e. The maximum Gasteiger partial charge on any atom is 0.340 e. The molecule has 94 valence electrons. The fraction of sp³-hybridized carbons (Fsp3) is 0.385. The first-order valence-corrected chi connectivity index (χ1v) is 5.78. The van der Waals surface area contributed by atoms with Crippen LogP contribution in [-0.4, -0.2) is 24.3 Å². The van der Waals surface area contributed by atoms with Gasteiger partial charge in [0, 0.05) is 17.6 Å². The van der Waals surface area contributed by atoms with Crippen molar-refractivity contribution < 1.29 is 23.8 Å². The van der Waals surface area contributed by atoms with Crippen LogP contribution >= 0.6 is 0 Å². The minimum atomic E-state index is -0.917. The van der Waals surface area contributed by atoms with Crippen molar-refractivity contribution in [3.05, 3.63) is 35.6 Å². The average molecular weight is 248 g/mol. The van der Waals surface area contributed by atoms with Crippen molar-refractivity contribution in [1.29, 1.82) is 0 Å². The van der Waals surface area contributed by atoms with Crippen LogP contribution in [0.1, 0.15) is 13.3 Å². The number of carbonyl (C=O) groups excluding carboxylic acids is 2. The highest BCUT2D eigenvalue weighted by Gasteiger charge is 2.38. The summed E-state index contributed by atoms with van der Waals surface area (Å²) in [5, 5.41) is 0. The van der Waals surface area contributed by atoms with E-state index in [-0.39, 0.29) is 12.0 Å². The molecule has 1 aliphatic carbocycles. The molecule has 0 saturated carbocycles. The summed E-state index contributed by atoms with van der Waals surface area (Å²) in [6.45, 7) is 1.62. The summed E-state index contributed by atoms with van der Waals surface area (Å²) in [5.74, 6) is -0.917. The van der Waals surface area contributed by atoms with Crippen LogP contribution in [0.5, 0.6) is 0 Å². The molecule has 18 heavy (non-hydrogen) atoms. The highest BCUT2D eigenvalue weighted by Crippen LogP contribution is 2.35. The third-order valence-electron chi connectivity index (χ3n) is 3.25. The Bertz CT molecular complexity index is 500. The van der Waals surface area contributed by atoms with E-state index in [0.717, 1.165) is 6.42 Å². The second kappa shape index (κ2) is 4.01. The highest BCUT2D eigenvalue weighted by atomic mass is 16.7. The van der Waals surface area contributed by atoms with Crippen LogP contribution < -0.4 is 0 Å². The Hall–Kier alpha value is -2.04. The Labute approximate surface area is 104 Å². The Morgan fingerprint density at radius 3 is 3.06 bits per heavy atom. The first-order chi connectivity index (χ1) is 8.65. The van der Waals surface area contributed by atoms with Gasteiger partial charge in [-0.2, -0.15) is 0 Å². The second-order valence-corrected chi connectivity index (χ2v) is 4.47. The van der Waals surface area contributed by atoms with Crippen LogP contribution in [0, 0.1) is 5.92 Å². The van der Waals surface area contributed by atoms with Gasteiger partial charge in [-0.05, 0) is 19.4 Å². The number of hydrogen-bond acceptors (Lipinski definition) is 5. The molecule has 0 aromatic carbocycles. The number of esters is 2. The molecule has 0 spiro atoms. The van der Waals surface area contributed by atoms with Crippen LogP contribution in [0.4, 0.5) is 0 Å². The Morgan fingerprint density at radius 1 is 1.50 bits per heavy atom. The molecule has 3 atom stereocenters. The number of hydrogen-bond donors (Lipinski definition) is 0. The summed E-state index contributed by atoms with van der Waals surface area (Å²) < 4.78 is 15.3. The van der Waals surface area contributed by atoms with Gasteiger partial charge in [-0.1, -0.05) is 6.08 Å². The van der Waals surface area contributed by atoms with E-state index in [1.165, 1.54) is 12.3 Å². The molecular weight excluding hydrogens is 236 g/mol. The number of ether oxygens (including phenoxy) is 3. The number of carbonyl (C=O) groups is 2. The van der Waals surface area contributed by atoms with Crippen LogP contribution in [0.25, 0.3) is 0 Å². The minimum Gasteiger partial charge on any atom is -0.493 e. The molecule has 0 amide bonds. The number of allylic oxidation sites excluding steroid dienone is 1. The summed E-state index contributed by atoms with van der Waals surface area (Å²) in [6.07, 6.45) is 6.63. The first kappa shape index (κ1) is 11.1. The molecule has 3 aliphatic rings. The topological polar surface area (TPSA) is 61.8 Å². The van der Waals surface area contributed by atoms with Crippen molar-refractivity contribution >= 4 is 11.9 Å². The number of fused-ring (bicyclic) bond motifs is 1. The molecule has 3 rings (SSSR count). The monoisotopic (exact) mass is 248 g/mol. The number of cyclic esters (lactones) is 1. The fourth-order valence-corrected chi connectivity index (χ4v) is 2.25. The maximum atomic E-state index is 11.9. The van der Waals surface area contributed by atoms with E-state index < -0.39 is 18.2 Å². The lowest BCUT2D eigenvalue weighted by Crippen LogP contribution is -2.23. The molecule has 2 aliphatic heterocycles. The summed E-state index contributed by atoms with van der Waals surface area (Å²) in [6, 6.07) is 0. The van der Waals surface area contributed by atoms with E-state index in [0.29, 0.717) is 11.1 Å². The predicted molar refractivity (Wildman–Crippen MR) is 59.9 cm³/mol. The summed E-state index contributed by atoms with van der Waals surface area (Å²) in [4.78, 5) is 23.1. The second-order valence-electron chi connectivity index (χ2n) is 4.47. The van der Waals surface area contributed by atoms with E-state index in [1.54, 1.807) is 6.92 Å². The van der Waals surface area contributed by atoms with Gasteiger partial charge < -0.3 is 14.2 Å². The molecule has 0 radical (unpaired) electrons. The summed E-state index contributed by atoms with van der Waals surface area (Å²) in [5.41, 5.74) is 0.948. The molecule has 5 heteroatoms. The Kier molecular flexibility index (Phi) is 2.47. The van der Waals surface area contributed by atoms with Gasteiger partial charge in [-0.25, -0.2) is 9.59 Å². The van der Waals surface area contributed by atoms with Gasteiger partial charge in [-0.15, -0.1) is 0 Å². The van der Waals surface area contributed by atoms with Crippen LogP contribution in [0.15, 0.2) is 35.6 Å². The van der Waals surface area contributed by atoms with E-state index >= 15 is 0 Å². The molecule has 0 N–H and O–H groups in total. The molecule has 0 aromatic rings.